The molecule has 0 saturated heterocycles. The third kappa shape index (κ3) is 2.24. The van der Waals surface area contributed by atoms with Gasteiger partial charge in [0.2, 0.25) is 0 Å². The lowest BCUT2D eigenvalue weighted by molar-refractivity contribution is 0.0692. The summed E-state index contributed by atoms with van der Waals surface area (Å²) < 4.78 is 0. The van der Waals surface area contributed by atoms with Gasteiger partial charge in [0.05, 0.1) is 16.7 Å². The number of rotatable bonds is 2. The molecule has 3 amide bonds. The van der Waals surface area contributed by atoms with Gasteiger partial charge in [-0.3, -0.25) is 24.3 Å². The molecule has 6 nitrogen and oxygen atoms in total. The normalized spacial score (nSPS) is 13.3. The predicted molar refractivity (Wildman–Crippen MR) is 79.8 cm³/mol. The standard InChI is InChI=1S/C16H13N3O3/c1-9-3-4-10(8-17-9)14(20)18-11-5-6-12-13(7-11)16(22)19(2)15(12)21/h3-8H,1-2H3,(H,18,20). The van der Waals surface area contributed by atoms with Crippen LogP contribution < -0.4 is 5.32 Å². The van der Waals surface area contributed by atoms with Crippen molar-refractivity contribution >= 4 is 23.4 Å². The Labute approximate surface area is 126 Å². The Kier molecular flexibility index (Phi) is 3.21. The SMILES string of the molecule is Cc1ccc(C(=O)Nc2ccc3c(c2)C(=O)N(C)C3=O)cn1. The molecule has 22 heavy (non-hydrogen) atoms. The highest BCUT2D eigenvalue weighted by molar-refractivity contribution is 6.21. The van der Waals surface area contributed by atoms with Gasteiger partial charge in [0.15, 0.2) is 0 Å². The van der Waals surface area contributed by atoms with Crippen molar-refractivity contribution in [1.29, 1.82) is 0 Å². The summed E-state index contributed by atoms with van der Waals surface area (Å²) in [6.45, 7) is 1.83. The maximum absolute atomic E-state index is 12.1. The molecule has 110 valence electrons. The van der Waals surface area contributed by atoms with Crippen molar-refractivity contribution < 1.29 is 14.4 Å². The van der Waals surface area contributed by atoms with E-state index in [1.54, 1.807) is 24.3 Å². The van der Waals surface area contributed by atoms with Crippen LogP contribution in [0.4, 0.5) is 5.69 Å². The van der Waals surface area contributed by atoms with Gasteiger partial charge in [0, 0.05) is 24.6 Å². The number of nitrogens with zero attached hydrogens (tertiary/aromatic N) is 2. The Hall–Kier alpha value is -3.02. The average molecular weight is 295 g/mol. The summed E-state index contributed by atoms with van der Waals surface area (Å²) in [7, 11) is 1.43. The molecular weight excluding hydrogens is 282 g/mol. The highest BCUT2D eigenvalue weighted by atomic mass is 16.2. The second-order valence-corrected chi connectivity index (χ2v) is 5.07. The van der Waals surface area contributed by atoms with Crippen LogP contribution in [0, 0.1) is 6.92 Å². The molecule has 0 unspecified atom stereocenters. The quantitative estimate of drug-likeness (QED) is 0.858. The van der Waals surface area contributed by atoms with Crippen LogP contribution in [0.15, 0.2) is 36.5 Å². The number of aryl methyl sites for hydroxylation is 1. The van der Waals surface area contributed by atoms with Crippen molar-refractivity contribution in [2.75, 3.05) is 12.4 Å². The van der Waals surface area contributed by atoms with Crippen LogP contribution in [0.25, 0.3) is 0 Å². The topological polar surface area (TPSA) is 79.4 Å². The minimum Gasteiger partial charge on any atom is -0.322 e. The first-order chi connectivity index (χ1) is 10.5. The lowest BCUT2D eigenvalue weighted by Gasteiger charge is -2.06. The number of amides is 3. The third-order valence-corrected chi connectivity index (χ3v) is 3.52. The maximum Gasteiger partial charge on any atom is 0.261 e. The van der Waals surface area contributed by atoms with Crippen LogP contribution >= 0.6 is 0 Å². The largest absolute Gasteiger partial charge is 0.322 e. The molecule has 1 aromatic heterocycles. The van der Waals surface area contributed by atoms with E-state index in [1.807, 2.05) is 6.92 Å². The molecule has 1 aromatic carbocycles. The summed E-state index contributed by atoms with van der Waals surface area (Å²) >= 11 is 0. The summed E-state index contributed by atoms with van der Waals surface area (Å²) in [6.07, 6.45) is 1.49. The van der Waals surface area contributed by atoms with E-state index in [0.717, 1.165) is 10.6 Å². The molecule has 1 aliphatic rings. The van der Waals surface area contributed by atoms with Gasteiger partial charge >= 0.3 is 0 Å². The Bertz CT molecular complexity index is 797. The van der Waals surface area contributed by atoms with Crippen molar-refractivity contribution in [2.45, 2.75) is 6.92 Å². The number of hydrogen-bond acceptors (Lipinski definition) is 4. The second-order valence-electron chi connectivity index (χ2n) is 5.07. The number of imide groups is 1. The first-order valence-electron chi connectivity index (χ1n) is 6.68. The van der Waals surface area contributed by atoms with E-state index >= 15 is 0 Å². The molecule has 0 spiro atoms. The number of hydrogen-bond donors (Lipinski definition) is 1. The molecule has 2 aromatic rings. The highest BCUT2D eigenvalue weighted by Crippen LogP contribution is 2.24. The number of carbonyl (C=O) groups excluding carboxylic acids is 3. The van der Waals surface area contributed by atoms with Gasteiger partial charge in [-0.1, -0.05) is 0 Å². The van der Waals surface area contributed by atoms with E-state index in [0.29, 0.717) is 22.4 Å². The second kappa shape index (κ2) is 5.07. The van der Waals surface area contributed by atoms with E-state index < -0.39 is 0 Å². The fourth-order valence-corrected chi connectivity index (χ4v) is 2.24. The van der Waals surface area contributed by atoms with Gasteiger partial charge in [-0.25, -0.2) is 0 Å². The minimum atomic E-state index is -0.367. The van der Waals surface area contributed by atoms with Gasteiger partial charge in [0.1, 0.15) is 0 Å². The fourth-order valence-electron chi connectivity index (χ4n) is 2.24. The molecule has 0 bridgehead atoms. The van der Waals surface area contributed by atoms with E-state index in [-0.39, 0.29) is 17.7 Å². The molecule has 1 N–H and O–H groups in total. The third-order valence-electron chi connectivity index (χ3n) is 3.52. The number of aromatic nitrogens is 1. The number of fused-ring (bicyclic) bond motifs is 1. The summed E-state index contributed by atoms with van der Waals surface area (Å²) in [5.41, 5.74) is 2.35. The van der Waals surface area contributed by atoms with Crippen LogP contribution in [0.2, 0.25) is 0 Å². The molecular formula is C16H13N3O3. The first kappa shape index (κ1) is 13.9. The number of anilines is 1. The zero-order chi connectivity index (χ0) is 15.9. The Morgan fingerprint density at radius 2 is 1.82 bits per heavy atom. The Morgan fingerprint density at radius 3 is 2.50 bits per heavy atom. The van der Waals surface area contributed by atoms with Gasteiger partial charge < -0.3 is 5.32 Å². The molecule has 0 aliphatic carbocycles. The average Bonchev–Trinajstić information content (AvgIpc) is 2.72. The molecule has 0 atom stereocenters. The highest BCUT2D eigenvalue weighted by Gasteiger charge is 2.32. The molecule has 6 heteroatoms. The monoisotopic (exact) mass is 295 g/mol. The van der Waals surface area contributed by atoms with Crippen LogP contribution in [-0.4, -0.2) is 34.7 Å². The molecule has 1 aliphatic heterocycles. The zero-order valence-electron chi connectivity index (χ0n) is 12.1. The Balaban J connectivity index is 1.86. The smallest absolute Gasteiger partial charge is 0.261 e. The fraction of sp³-hybridized carbons (Fsp3) is 0.125. The number of nitrogens with one attached hydrogen (secondary N) is 1. The van der Waals surface area contributed by atoms with Crippen molar-refractivity contribution in [1.82, 2.24) is 9.88 Å². The maximum atomic E-state index is 12.1. The van der Waals surface area contributed by atoms with Crippen LogP contribution in [0.5, 0.6) is 0 Å². The minimum absolute atomic E-state index is 0.298. The first-order valence-corrected chi connectivity index (χ1v) is 6.68. The number of pyridine rings is 1. The van der Waals surface area contributed by atoms with E-state index in [9.17, 15) is 14.4 Å². The van der Waals surface area contributed by atoms with Crippen molar-refractivity contribution in [3.05, 3.63) is 58.9 Å². The van der Waals surface area contributed by atoms with Crippen molar-refractivity contribution in [3.63, 3.8) is 0 Å². The molecule has 0 saturated carbocycles. The van der Waals surface area contributed by atoms with E-state index in [1.165, 1.54) is 19.3 Å². The van der Waals surface area contributed by atoms with Crippen molar-refractivity contribution in [2.24, 2.45) is 0 Å². The predicted octanol–water partition coefficient (Wildman–Crippen LogP) is 1.87. The molecule has 3 rings (SSSR count). The number of carbonyl (C=O) groups is 3. The summed E-state index contributed by atoms with van der Waals surface area (Å²) in [4.78, 5) is 41.0. The number of benzene rings is 1. The van der Waals surface area contributed by atoms with Gasteiger partial charge in [-0.2, -0.15) is 0 Å². The molecule has 0 fully saturated rings. The van der Waals surface area contributed by atoms with E-state index in [2.05, 4.69) is 10.3 Å². The van der Waals surface area contributed by atoms with Crippen LogP contribution in [-0.2, 0) is 0 Å². The lowest BCUT2D eigenvalue weighted by atomic mass is 10.1. The summed E-state index contributed by atoms with van der Waals surface area (Å²) in [5, 5.41) is 2.70. The van der Waals surface area contributed by atoms with E-state index in [4.69, 9.17) is 0 Å². The van der Waals surface area contributed by atoms with Gasteiger partial charge in [-0.15, -0.1) is 0 Å². The zero-order valence-corrected chi connectivity index (χ0v) is 12.1. The van der Waals surface area contributed by atoms with Crippen molar-refractivity contribution in [3.8, 4) is 0 Å². The summed E-state index contributed by atoms with van der Waals surface area (Å²) in [6, 6.07) is 8.07. The van der Waals surface area contributed by atoms with Crippen LogP contribution in [0.3, 0.4) is 0 Å². The molecule has 2 heterocycles. The van der Waals surface area contributed by atoms with Crippen LogP contribution in [0.1, 0.15) is 36.8 Å². The molecule has 0 radical (unpaired) electrons. The van der Waals surface area contributed by atoms with Gasteiger partial charge in [-0.05, 0) is 37.3 Å². The lowest BCUT2D eigenvalue weighted by Crippen LogP contribution is -2.24. The van der Waals surface area contributed by atoms with Gasteiger partial charge in [0.25, 0.3) is 17.7 Å². The Morgan fingerprint density at radius 1 is 1.09 bits per heavy atom. The summed E-state index contributed by atoms with van der Waals surface area (Å²) in [5.74, 6) is -1.02.